The predicted octanol–water partition coefficient (Wildman–Crippen LogP) is 21.0. The molecular weight excluding hydrogens is 2040 g/mol. The average molecular weight is 2170 g/mol. The Labute approximate surface area is 899 Å². The van der Waals surface area contributed by atoms with E-state index in [0.717, 1.165) is 249 Å². The number of fused-ring (bicyclic) bond motifs is 4. The van der Waals surface area contributed by atoms with Gasteiger partial charge in [-0.1, -0.05) is 86.6 Å². The third-order valence-electron chi connectivity index (χ3n) is 28.4. The van der Waals surface area contributed by atoms with Gasteiger partial charge in [-0.15, -0.1) is 45.3 Å². The smallest absolute Gasteiger partial charge is 0.213 e. The molecule has 12 aromatic rings. The van der Waals surface area contributed by atoms with E-state index < -0.39 is 40.1 Å². The second kappa shape index (κ2) is 49.3. The molecule has 0 bridgehead atoms. The van der Waals surface area contributed by atoms with Crippen molar-refractivity contribution in [3.8, 4) is 131 Å². The normalized spacial score (nSPS) is 18.7. The molecule has 4 aliphatic heterocycles. The Kier molecular flexibility index (Phi) is 36.2. The second-order valence-electron chi connectivity index (χ2n) is 41.2. The summed E-state index contributed by atoms with van der Waals surface area (Å²) in [5.74, 6) is 4.14. The number of nitrogens with one attached hydrogen (secondary N) is 4. The molecule has 150 heavy (non-hydrogen) atoms. The van der Waals surface area contributed by atoms with Gasteiger partial charge in [0.15, 0.2) is 0 Å². The third kappa shape index (κ3) is 27.9. The van der Waals surface area contributed by atoms with Crippen molar-refractivity contribution in [1.29, 1.82) is 21.0 Å². The van der Waals surface area contributed by atoms with Gasteiger partial charge in [0.1, 0.15) is 67.3 Å². The molecule has 4 aliphatic carbocycles. The molecule has 0 amide bonds. The summed E-state index contributed by atoms with van der Waals surface area (Å²) in [7, 11) is -13.5. The SMILES string of the molecule is CC(C)Oc1ccc(-c2ncc(-c3cccc4c3CC[C@@H]4NS(=O)(=O)CCN3CCCC3)s2)cc1C#N.CC(C)Oc1ccc(-c2ncc(-c3cccc4c3CC[C@@H]4NS(=O)(=O)CCN3CC[C@@H](C)C3)s2)cc1C#N.CC(C)Oc1ccc(-c2ncc(-c3cccc4c3CC[C@@H]4NS(=O)(=O)CCN3CC[C@H](C)C3)s2)cc1C#N.CC(C)Oc1ccc(-c2ncc(-c3cccc4c3CC[C@H]4NS(=O)(=O)CCN3CCCC3)s2)cc1C#N. The Bertz CT molecular complexity index is 7070. The molecule has 4 fully saturated rings. The van der Waals surface area contributed by atoms with Crippen LogP contribution in [0, 0.1) is 57.2 Å². The van der Waals surface area contributed by atoms with Crippen molar-refractivity contribution in [3.05, 3.63) is 237 Å². The first kappa shape index (κ1) is 110. The number of aromatic nitrogens is 4. The van der Waals surface area contributed by atoms with Crippen LogP contribution in [0.2, 0.25) is 0 Å². The molecule has 20 rings (SSSR count). The summed E-state index contributed by atoms with van der Waals surface area (Å²) in [5, 5.41) is 41.7. The molecule has 8 heterocycles. The van der Waals surface area contributed by atoms with Gasteiger partial charge < -0.3 is 38.5 Å². The maximum Gasteiger partial charge on any atom is 0.213 e. The molecule has 788 valence electrons. The second-order valence-corrected chi connectivity index (χ2v) is 52.8. The quantitative estimate of drug-likeness (QED) is 0.0283. The van der Waals surface area contributed by atoms with E-state index in [4.69, 9.17) is 18.9 Å². The molecule has 0 radical (unpaired) electrons. The zero-order valence-electron chi connectivity index (χ0n) is 86.7. The first-order chi connectivity index (χ1) is 72.1. The Morgan fingerprint density at radius 2 is 0.560 bits per heavy atom. The van der Waals surface area contributed by atoms with Crippen LogP contribution in [0.25, 0.3) is 84.0 Å². The molecule has 6 atom stereocenters. The van der Waals surface area contributed by atoms with Gasteiger partial charge in [0, 0.05) is 110 Å². The van der Waals surface area contributed by atoms with E-state index in [-0.39, 0.29) is 71.6 Å². The van der Waals surface area contributed by atoms with Crippen molar-refractivity contribution in [1.82, 2.24) is 58.4 Å². The van der Waals surface area contributed by atoms with Crippen molar-refractivity contribution in [2.75, 3.05) is 102 Å². The van der Waals surface area contributed by atoms with Crippen molar-refractivity contribution in [2.45, 2.75) is 208 Å². The highest BCUT2D eigenvalue weighted by molar-refractivity contribution is 7.90. The minimum absolute atomic E-state index is 0.0111. The van der Waals surface area contributed by atoms with Gasteiger partial charge in [0.05, 0.1) is 89.2 Å². The number of likely N-dealkylation sites (tertiary alicyclic amines) is 4. The molecule has 0 unspecified atom stereocenters. The molecule has 4 aromatic heterocycles. The van der Waals surface area contributed by atoms with Crippen LogP contribution in [-0.4, -0.2) is 199 Å². The molecule has 4 N–H and O–H groups in total. The van der Waals surface area contributed by atoms with Crippen molar-refractivity contribution >= 4 is 85.4 Å². The first-order valence-electron chi connectivity index (χ1n) is 52.2. The number of benzene rings is 8. The van der Waals surface area contributed by atoms with Crippen LogP contribution in [0.15, 0.2) is 170 Å². The Hall–Kier alpha value is -11.1. The molecule has 36 heteroatoms. The lowest BCUT2D eigenvalue weighted by Gasteiger charge is -2.18. The Balaban J connectivity index is 0.000000136. The summed E-state index contributed by atoms with van der Waals surface area (Å²) < 4.78 is 138. The van der Waals surface area contributed by atoms with Gasteiger partial charge in [-0.25, -0.2) is 72.5 Å². The van der Waals surface area contributed by atoms with Gasteiger partial charge >= 0.3 is 0 Å². The molecular formula is C114H132N16O12S8. The van der Waals surface area contributed by atoms with E-state index in [2.05, 4.69) is 121 Å². The van der Waals surface area contributed by atoms with E-state index in [1.165, 1.54) is 22.3 Å². The highest BCUT2D eigenvalue weighted by Crippen LogP contribution is 2.48. The molecule has 8 aromatic carbocycles. The summed E-state index contributed by atoms with van der Waals surface area (Å²) in [5.41, 5.74) is 18.8. The van der Waals surface area contributed by atoms with Gasteiger partial charge in [0.25, 0.3) is 0 Å². The predicted molar refractivity (Wildman–Crippen MR) is 598 cm³/mol. The van der Waals surface area contributed by atoms with Crippen LogP contribution in [-0.2, 0) is 65.8 Å². The summed E-state index contributed by atoms with van der Waals surface area (Å²) in [6, 6.07) is 54.9. The summed E-state index contributed by atoms with van der Waals surface area (Å²) in [6.07, 6.45) is 20.6. The van der Waals surface area contributed by atoms with E-state index in [1.54, 1.807) is 45.3 Å². The van der Waals surface area contributed by atoms with E-state index in [1.807, 2.05) is 202 Å². The van der Waals surface area contributed by atoms with Crippen molar-refractivity contribution in [2.24, 2.45) is 11.8 Å². The first-order valence-corrected chi connectivity index (χ1v) is 62.0. The molecule has 8 aliphatic rings. The van der Waals surface area contributed by atoms with Gasteiger partial charge in [-0.2, -0.15) is 21.0 Å². The minimum atomic E-state index is -3.38. The van der Waals surface area contributed by atoms with Gasteiger partial charge in [-0.3, -0.25) is 0 Å². The number of nitrogens with zero attached hydrogens (tertiary/aromatic N) is 12. The maximum absolute atomic E-state index is 12.9. The van der Waals surface area contributed by atoms with Crippen LogP contribution in [0.4, 0.5) is 0 Å². The monoisotopic (exact) mass is 2170 g/mol. The third-order valence-corrected chi connectivity index (χ3v) is 38.2. The van der Waals surface area contributed by atoms with E-state index >= 15 is 0 Å². The maximum atomic E-state index is 12.9. The molecule has 4 saturated heterocycles. The fourth-order valence-corrected chi connectivity index (χ4v) is 30.2. The minimum Gasteiger partial charge on any atom is -0.490 e. The van der Waals surface area contributed by atoms with E-state index in [9.17, 15) is 54.7 Å². The van der Waals surface area contributed by atoms with Gasteiger partial charge in [0.2, 0.25) is 40.1 Å². The van der Waals surface area contributed by atoms with E-state index in [0.29, 0.717) is 83.3 Å². The topological polar surface area (TPSA) is 381 Å². The Morgan fingerprint density at radius 1 is 0.327 bits per heavy atom. The van der Waals surface area contributed by atoms with Crippen LogP contribution in [0.1, 0.15) is 224 Å². The number of nitriles is 4. The number of rotatable bonds is 36. The van der Waals surface area contributed by atoms with Crippen LogP contribution in [0.3, 0.4) is 0 Å². The largest absolute Gasteiger partial charge is 0.490 e. The van der Waals surface area contributed by atoms with Gasteiger partial charge in [-0.05, 0) is 336 Å². The van der Waals surface area contributed by atoms with Crippen molar-refractivity contribution < 1.29 is 52.6 Å². The summed E-state index contributed by atoms with van der Waals surface area (Å²) >= 11 is 6.30. The van der Waals surface area contributed by atoms with Crippen LogP contribution >= 0.6 is 45.3 Å². The number of hydrogen-bond donors (Lipinski definition) is 4. The average Bonchev–Trinajstić information content (AvgIpc) is 1.64. The fraction of sp³-hybridized carbons (Fsp3) is 0.439. The van der Waals surface area contributed by atoms with Crippen LogP contribution in [0.5, 0.6) is 23.0 Å². The lowest BCUT2D eigenvalue weighted by Crippen LogP contribution is -2.35. The number of thiazole rings is 4. The molecule has 0 saturated carbocycles. The number of ether oxygens (including phenoxy) is 4. The Morgan fingerprint density at radius 3 is 0.773 bits per heavy atom. The standard InChI is InChI=1S/2C29H34N4O3S2.2C28H32N4O3S2/c2*1-19(2)36-27-10-7-21(15-22(27)16-30)29-31-17-28(37-29)25-6-4-5-24-23(25)8-9-26(24)32-38(34,35)14-13-33-12-11-20(3)18-33;2*1-19(2)35-26-11-8-20(16-21(26)17-29)28-30-18-27(36-28)24-7-5-6-23-22(24)9-10-25(23)31-37(33,34)15-14-32-12-3-4-13-32/h2*4-7,10,15,17,19-20,26,32H,8-9,11-14,18H2,1-3H3;2*5-8,11,16,18-19,25,31H,3-4,9-10,12-15H2,1-2H3/t20-,26+;20-,26-;2*25-/m1010/s1. The lowest BCUT2D eigenvalue weighted by molar-refractivity contribution is 0.241. The number of sulfonamides is 4. The van der Waals surface area contributed by atoms with Crippen molar-refractivity contribution in [3.63, 3.8) is 0 Å². The lowest BCUT2D eigenvalue weighted by atomic mass is 10.0. The zero-order chi connectivity index (χ0) is 106. The fourth-order valence-electron chi connectivity index (χ4n) is 21.2. The number of hydrogen-bond acceptors (Lipinski definition) is 28. The molecule has 0 spiro atoms. The highest BCUT2D eigenvalue weighted by Gasteiger charge is 2.37. The zero-order valence-corrected chi connectivity index (χ0v) is 93.2. The summed E-state index contributed by atoms with van der Waals surface area (Å²) in [4.78, 5) is 31.7. The highest BCUT2D eigenvalue weighted by atomic mass is 32.2. The molecule has 28 nitrogen and oxygen atoms in total. The summed E-state index contributed by atoms with van der Waals surface area (Å²) in [6.45, 7) is 30.2. The van der Waals surface area contributed by atoms with Crippen LogP contribution < -0.4 is 37.8 Å².